The lowest BCUT2D eigenvalue weighted by atomic mass is 10.3. The van der Waals surface area contributed by atoms with Crippen molar-refractivity contribution in [2.24, 2.45) is 0 Å². The highest BCUT2D eigenvalue weighted by molar-refractivity contribution is 7.89. The second kappa shape index (κ2) is 8.11. The third-order valence-electron chi connectivity index (χ3n) is 5.58. The van der Waals surface area contributed by atoms with E-state index in [2.05, 4.69) is 8.75 Å². The maximum absolute atomic E-state index is 13.1. The summed E-state index contributed by atoms with van der Waals surface area (Å²) in [5.41, 5.74) is 2.04. The van der Waals surface area contributed by atoms with Gasteiger partial charge in [0.25, 0.3) is 0 Å². The fourth-order valence-corrected chi connectivity index (χ4v) is 6.07. The van der Waals surface area contributed by atoms with Crippen LogP contribution >= 0.6 is 11.7 Å². The Labute approximate surface area is 187 Å². The average Bonchev–Trinajstić information content (AvgIpc) is 3.41. The largest absolute Gasteiger partial charge is 0.419 e. The number of para-hydroxylation sites is 2. The van der Waals surface area contributed by atoms with Crippen LogP contribution in [0, 0.1) is 0 Å². The number of hydrogen-bond donors (Lipinski definition) is 0. The van der Waals surface area contributed by atoms with Crippen LogP contribution in [-0.4, -0.2) is 63.0 Å². The summed E-state index contributed by atoms with van der Waals surface area (Å²) in [5, 5.41) is 0. The molecule has 1 fully saturated rings. The smallest absolute Gasteiger partial charge is 0.408 e. The monoisotopic (exact) mass is 473 g/mol. The fraction of sp³-hybridized carbons (Fsp3) is 0.300. The second-order valence-corrected chi connectivity index (χ2v) is 9.85. The van der Waals surface area contributed by atoms with E-state index in [4.69, 9.17) is 4.42 Å². The molecular formula is C20H19N5O5S2. The van der Waals surface area contributed by atoms with E-state index in [0.29, 0.717) is 22.1 Å². The Morgan fingerprint density at radius 1 is 1.03 bits per heavy atom. The summed E-state index contributed by atoms with van der Waals surface area (Å²) < 4.78 is 42.5. The summed E-state index contributed by atoms with van der Waals surface area (Å²) in [4.78, 5) is 26.5. The topological polar surface area (TPSA) is 119 Å². The number of hydrogen-bond acceptors (Lipinski definition) is 8. The van der Waals surface area contributed by atoms with Gasteiger partial charge in [0.1, 0.15) is 15.9 Å². The van der Waals surface area contributed by atoms with Crippen molar-refractivity contribution in [1.82, 2.24) is 22.5 Å². The molecule has 12 heteroatoms. The van der Waals surface area contributed by atoms with Crippen molar-refractivity contribution >= 4 is 49.8 Å². The summed E-state index contributed by atoms with van der Waals surface area (Å²) in [7, 11) is -3.74. The Kier molecular flexibility index (Phi) is 5.27. The molecule has 5 rings (SSSR count). The van der Waals surface area contributed by atoms with Crippen molar-refractivity contribution in [2.45, 2.75) is 17.9 Å². The number of aryl methyl sites for hydroxylation is 1. The molecule has 0 atom stereocenters. The van der Waals surface area contributed by atoms with Crippen LogP contribution in [0.4, 0.5) is 0 Å². The molecule has 0 aliphatic carbocycles. The summed E-state index contributed by atoms with van der Waals surface area (Å²) in [5.74, 6) is -0.634. The first kappa shape index (κ1) is 20.8. The highest BCUT2D eigenvalue weighted by atomic mass is 32.2. The van der Waals surface area contributed by atoms with E-state index < -0.39 is 15.8 Å². The molecule has 2 aromatic carbocycles. The van der Waals surface area contributed by atoms with Gasteiger partial charge in [0.05, 0.1) is 17.2 Å². The molecule has 0 radical (unpaired) electrons. The highest BCUT2D eigenvalue weighted by Crippen LogP contribution is 2.25. The number of carbonyl (C=O) groups excluding carboxylic acids is 1. The minimum Gasteiger partial charge on any atom is -0.408 e. The molecule has 10 nitrogen and oxygen atoms in total. The Balaban J connectivity index is 1.24. The van der Waals surface area contributed by atoms with Crippen LogP contribution in [0.3, 0.4) is 0 Å². The number of piperazine rings is 1. The van der Waals surface area contributed by atoms with E-state index in [1.807, 2.05) is 0 Å². The lowest BCUT2D eigenvalue weighted by Crippen LogP contribution is -2.50. The van der Waals surface area contributed by atoms with Crippen LogP contribution in [-0.2, 0) is 21.4 Å². The van der Waals surface area contributed by atoms with Gasteiger partial charge in [0, 0.05) is 39.1 Å². The Bertz CT molecular complexity index is 1460. The molecule has 166 valence electrons. The fourth-order valence-electron chi connectivity index (χ4n) is 3.90. The van der Waals surface area contributed by atoms with Crippen LogP contribution in [0.25, 0.3) is 22.1 Å². The first-order valence-electron chi connectivity index (χ1n) is 10.0. The number of oxazole rings is 1. The lowest BCUT2D eigenvalue weighted by Gasteiger charge is -2.34. The summed E-state index contributed by atoms with van der Waals surface area (Å²) in [6.07, 6.45) is 0.125. The van der Waals surface area contributed by atoms with Gasteiger partial charge in [0.15, 0.2) is 5.58 Å². The third-order valence-corrected chi connectivity index (χ3v) is 8.05. The molecule has 2 aromatic heterocycles. The molecule has 0 spiro atoms. The molecule has 1 amide bonds. The van der Waals surface area contributed by atoms with Gasteiger partial charge in [-0.15, -0.1) is 0 Å². The van der Waals surface area contributed by atoms with Crippen molar-refractivity contribution in [3.8, 4) is 0 Å². The van der Waals surface area contributed by atoms with Crippen molar-refractivity contribution in [3.63, 3.8) is 0 Å². The van der Waals surface area contributed by atoms with E-state index in [1.165, 1.54) is 14.9 Å². The molecule has 1 aliphatic rings. The number of rotatable bonds is 5. The molecule has 4 aromatic rings. The predicted octanol–water partition coefficient (Wildman–Crippen LogP) is 1.52. The minimum atomic E-state index is -3.74. The van der Waals surface area contributed by atoms with E-state index in [-0.39, 0.29) is 49.9 Å². The first-order chi connectivity index (χ1) is 15.4. The van der Waals surface area contributed by atoms with Gasteiger partial charge in [-0.2, -0.15) is 13.1 Å². The van der Waals surface area contributed by atoms with Crippen molar-refractivity contribution in [1.29, 1.82) is 0 Å². The number of nitrogens with zero attached hydrogens (tertiary/aromatic N) is 5. The predicted molar refractivity (Wildman–Crippen MR) is 118 cm³/mol. The SMILES string of the molecule is O=C(CCn1c(=O)oc2ccccc21)N1CCN(S(=O)(=O)c2cccc3nsnc23)CC1. The second-order valence-electron chi connectivity index (χ2n) is 7.41. The third kappa shape index (κ3) is 3.59. The summed E-state index contributed by atoms with van der Waals surface area (Å²) in [6.45, 7) is 1.15. The van der Waals surface area contributed by atoms with Crippen molar-refractivity contribution in [2.75, 3.05) is 26.2 Å². The molecule has 0 saturated carbocycles. The molecule has 0 N–H and O–H groups in total. The van der Waals surface area contributed by atoms with E-state index >= 15 is 0 Å². The molecule has 0 unspecified atom stereocenters. The van der Waals surface area contributed by atoms with Crippen molar-refractivity contribution in [3.05, 3.63) is 53.0 Å². The van der Waals surface area contributed by atoms with Crippen LogP contribution in [0.5, 0.6) is 0 Å². The van der Waals surface area contributed by atoms with Gasteiger partial charge < -0.3 is 9.32 Å². The average molecular weight is 474 g/mol. The molecule has 0 bridgehead atoms. The number of aromatic nitrogens is 3. The number of amides is 1. The van der Waals surface area contributed by atoms with Gasteiger partial charge in [0.2, 0.25) is 15.9 Å². The van der Waals surface area contributed by atoms with E-state index in [0.717, 1.165) is 11.7 Å². The van der Waals surface area contributed by atoms with Gasteiger partial charge >= 0.3 is 5.76 Å². The highest BCUT2D eigenvalue weighted by Gasteiger charge is 2.32. The zero-order chi connectivity index (χ0) is 22.3. The molecule has 3 heterocycles. The van der Waals surface area contributed by atoms with Gasteiger partial charge in [-0.1, -0.05) is 18.2 Å². The summed E-state index contributed by atoms with van der Waals surface area (Å²) >= 11 is 0.973. The molecule has 32 heavy (non-hydrogen) atoms. The molecule has 1 saturated heterocycles. The minimum absolute atomic E-state index is 0.125. The van der Waals surface area contributed by atoms with Gasteiger partial charge in [-0.3, -0.25) is 9.36 Å². The molecule has 1 aliphatic heterocycles. The number of fused-ring (bicyclic) bond motifs is 2. The quantitative estimate of drug-likeness (QED) is 0.431. The standard InChI is InChI=1S/C20H19N5O5S2/c26-18(8-9-25-15-5-1-2-6-16(15)30-20(25)27)23-10-12-24(13-11-23)32(28,29)17-7-3-4-14-19(17)22-31-21-14/h1-7H,8-13H2. The van der Waals surface area contributed by atoms with Gasteiger partial charge in [-0.25, -0.2) is 13.2 Å². The number of carbonyl (C=O) groups is 1. The Morgan fingerprint density at radius 3 is 2.62 bits per heavy atom. The molecular weight excluding hydrogens is 454 g/mol. The van der Waals surface area contributed by atoms with Crippen LogP contribution < -0.4 is 5.76 Å². The van der Waals surface area contributed by atoms with Crippen LogP contribution in [0.2, 0.25) is 0 Å². The Morgan fingerprint density at radius 2 is 1.81 bits per heavy atom. The van der Waals surface area contributed by atoms with Crippen LogP contribution in [0.15, 0.2) is 56.6 Å². The zero-order valence-corrected chi connectivity index (χ0v) is 18.5. The Hall–Kier alpha value is -3.09. The normalized spacial score (nSPS) is 15.6. The number of sulfonamides is 1. The summed E-state index contributed by atoms with van der Waals surface area (Å²) in [6, 6.07) is 12.0. The number of benzene rings is 2. The lowest BCUT2D eigenvalue weighted by molar-refractivity contribution is -0.132. The zero-order valence-electron chi connectivity index (χ0n) is 16.9. The maximum atomic E-state index is 13.1. The van der Waals surface area contributed by atoms with Crippen LogP contribution in [0.1, 0.15) is 6.42 Å². The van der Waals surface area contributed by atoms with Crippen molar-refractivity contribution < 1.29 is 17.6 Å². The van der Waals surface area contributed by atoms with E-state index in [1.54, 1.807) is 41.3 Å². The first-order valence-corrected chi connectivity index (χ1v) is 12.2. The van der Waals surface area contributed by atoms with E-state index in [9.17, 15) is 18.0 Å². The maximum Gasteiger partial charge on any atom is 0.419 e. The van der Waals surface area contributed by atoms with Gasteiger partial charge in [-0.05, 0) is 24.3 Å².